The maximum atomic E-state index is 13.3. The number of ether oxygens (including phenoxy) is 1. The lowest BCUT2D eigenvalue weighted by molar-refractivity contribution is -0.143. The highest BCUT2D eigenvalue weighted by atomic mass is 16.5. The summed E-state index contributed by atoms with van der Waals surface area (Å²) in [5, 5.41) is 9.39. The highest BCUT2D eigenvalue weighted by molar-refractivity contribution is 5.94. The second-order valence-electron chi connectivity index (χ2n) is 7.53. The number of amides is 1. The van der Waals surface area contributed by atoms with Gasteiger partial charge in [0, 0.05) is 24.7 Å². The normalized spacial score (nSPS) is 13.4. The predicted molar refractivity (Wildman–Crippen MR) is 111 cm³/mol. The summed E-state index contributed by atoms with van der Waals surface area (Å²) in [6.07, 6.45) is 4.14. The van der Waals surface area contributed by atoms with Gasteiger partial charge in [0.25, 0.3) is 5.91 Å². The molecule has 8 heteroatoms. The fourth-order valence-corrected chi connectivity index (χ4v) is 3.52. The van der Waals surface area contributed by atoms with Gasteiger partial charge in [0.2, 0.25) is 0 Å². The number of nitrogens with zero attached hydrogens (tertiary/aromatic N) is 5. The Hall–Kier alpha value is -3.29. The van der Waals surface area contributed by atoms with Crippen LogP contribution in [0.2, 0.25) is 0 Å². The van der Waals surface area contributed by atoms with E-state index >= 15 is 0 Å². The Bertz CT molecular complexity index is 1070. The zero-order valence-corrected chi connectivity index (χ0v) is 17.2. The SMILES string of the molecule is CCOC(=O)CCN(CC1CC1)C(=O)c1nnn(-c2cccc3ncccc23)c1C. The highest BCUT2D eigenvalue weighted by Crippen LogP contribution is 2.30. The van der Waals surface area contributed by atoms with E-state index in [2.05, 4.69) is 15.3 Å². The molecule has 2 heterocycles. The van der Waals surface area contributed by atoms with Gasteiger partial charge in [-0.15, -0.1) is 5.10 Å². The molecule has 0 aliphatic heterocycles. The lowest BCUT2D eigenvalue weighted by atomic mass is 10.1. The number of esters is 1. The van der Waals surface area contributed by atoms with Crippen LogP contribution in [0.4, 0.5) is 0 Å². The van der Waals surface area contributed by atoms with Crippen molar-refractivity contribution < 1.29 is 14.3 Å². The number of benzene rings is 1. The van der Waals surface area contributed by atoms with E-state index in [4.69, 9.17) is 4.74 Å². The van der Waals surface area contributed by atoms with E-state index in [1.807, 2.05) is 37.3 Å². The van der Waals surface area contributed by atoms with Crippen molar-refractivity contribution in [2.24, 2.45) is 5.92 Å². The lowest BCUT2D eigenvalue weighted by Gasteiger charge is -2.21. The van der Waals surface area contributed by atoms with E-state index in [-0.39, 0.29) is 18.3 Å². The fourth-order valence-electron chi connectivity index (χ4n) is 3.52. The third kappa shape index (κ3) is 4.17. The zero-order valence-electron chi connectivity index (χ0n) is 17.2. The van der Waals surface area contributed by atoms with Crippen molar-refractivity contribution in [3.05, 3.63) is 47.9 Å². The Morgan fingerprint density at radius 3 is 2.83 bits per heavy atom. The predicted octanol–water partition coefficient (Wildman–Crippen LogP) is 2.93. The van der Waals surface area contributed by atoms with Crippen LogP contribution in [0, 0.1) is 12.8 Å². The molecular formula is C22H25N5O3. The maximum absolute atomic E-state index is 13.3. The molecule has 3 aromatic rings. The maximum Gasteiger partial charge on any atom is 0.307 e. The summed E-state index contributed by atoms with van der Waals surface area (Å²) >= 11 is 0. The van der Waals surface area contributed by atoms with Crippen LogP contribution in [-0.4, -0.2) is 56.5 Å². The van der Waals surface area contributed by atoms with Crippen molar-refractivity contribution in [1.29, 1.82) is 0 Å². The Morgan fingerprint density at radius 1 is 1.23 bits per heavy atom. The minimum absolute atomic E-state index is 0.175. The van der Waals surface area contributed by atoms with Crippen molar-refractivity contribution in [2.75, 3.05) is 19.7 Å². The first-order valence-corrected chi connectivity index (χ1v) is 10.3. The molecular weight excluding hydrogens is 382 g/mol. The third-order valence-corrected chi connectivity index (χ3v) is 5.30. The zero-order chi connectivity index (χ0) is 21.1. The third-order valence-electron chi connectivity index (χ3n) is 5.30. The number of pyridine rings is 1. The first kappa shape index (κ1) is 20.0. The van der Waals surface area contributed by atoms with Crippen molar-refractivity contribution in [3.63, 3.8) is 0 Å². The lowest BCUT2D eigenvalue weighted by Crippen LogP contribution is -2.35. The first-order valence-electron chi connectivity index (χ1n) is 10.3. The number of hydrogen-bond acceptors (Lipinski definition) is 6. The Kier molecular flexibility index (Phi) is 5.74. The number of carbonyl (C=O) groups excluding carboxylic acids is 2. The van der Waals surface area contributed by atoms with E-state index < -0.39 is 0 Å². The molecule has 2 aromatic heterocycles. The van der Waals surface area contributed by atoms with Gasteiger partial charge in [-0.3, -0.25) is 14.6 Å². The average molecular weight is 407 g/mol. The van der Waals surface area contributed by atoms with E-state index in [1.54, 1.807) is 22.7 Å². The molecule has 1 aromatic carbocycles. The van der Waals surface area contributed by atoms with Crippen LogP contribution in [0.5, 0.6) is 0 Å². The Labute approximate surface area is 174 Å². The van der Waals surface area contributed by atoms with Gasteiger partial charge in [-0.25, -0.2) is 4.68 Å². The summed E-state index contributed by atoms with van der Waals surface area (Å²) in [6.45, 7) is 4.89. The van der Waals surface area contributed by atoms with Crippen LogP contribution in [-0.2, 0) is 9.53 Å². The van der Waals surface area contributed by atoms with E-state index in [0.717, 1.165) is 29.4 Å². The van der Waals surface area contributed by atoms with Crippen LogP contribution in [0.3, 0.4) is 0 Å². The van der Waals surface area contributed by atoms with Crippen LogP contribution in [0.25, 0.3) is 16.6 Å². The molecule has 0 spiro atoms. The van der Waals surface area contributed by atoms with Crippen LogP contribution in [0.1, 0.15) is 42.4 Å². The standard InChI is InChI=1S/C22H25N5O3/c1-3-30-20(28)11-13-26(14-16-9-10-16)22(29)21-15(2)27(25-24-21)19-8-4-7-18-17(19)6-5-12-23-18/h4-8,12,16H,3,9-11,13-14H2,1-2H3. The molecule has 0 unspecified atom stereocenters. The molecule has 0 radical (unpaired) electrons. The van der Waals surface area contributed by atoms with Crippen LogP contribution < -0.4 is 0 Å². The van der Waals surface area contributed by atoms with Gasteiger partial charge < -0.3 is 9.64 Å². The number of rotatable bonds is 8. The van der Waals surface area contributed by atoms with Crippen LogP contribution in [0.15, 0.2) is 36.5 Å². The molecule has 1 saturated carbocycles. The second-order valence-corrected chi connectivity index (χ2v) is 7.53. The summed E-state index contributed by atoms with van der Waals surface area (Å²) in [7, 11) is 0. The molecule has 30 heavy (non-hydrogen) atoms. The summed E-state index contributed by atoms with van der Waals surface area (Å²) in [4.78, 5) is 31.1. The fraction of sp³-hybridized carbons (Fsp3) is 0.409. The molecule has 1 amide bonds. The van der Waals surface area contributed by atoms with Gasteiger partial charge in [-0.05, 0) is 56.9 Å². The molecule has 156 valence electrons. The number of fused-ring (bicyclic) bond motifs is 1. The molecule has 0 atom stereocenters. The quantitative estimate of drug-likeness (QED) is 0.533. The second kappa shape index (κ2) is 8.61. The summed E-state index contributed by atoms with van der Waals surface area (Å²) in [5.74, 6) is -0.00123. The molecule has 1 aliphatic rings. The summed E-state index contributed by atoms with van der Waals surface area (Å²) in [6, 6.07) is 9.62. The van der Waals surface area contributed by atoms with E-state index in [9.17, 15) is 9.59 Å². The molecule has 4 rings (SSSR count). The van der Waals surface area contributed by atoms with Crippen molar-refractivity contribution >= 4 is 22.8 Å². The smallest absolute Gasteiger partial charge is 0.307 e. The molecule has 0 saturated heterocycles. The minimum atomic E-state index is -0.297. The van der Waals surface area contributed by atoms with E-state index in [0.29, 0.717) is 37.0 Å². The monoisotopic (exact) mass is 407 g/mol. The van der Waals surface area contributed by atoms with Gasteiger partial charge in [0.1, 0.15) is 0 Å². The number of hydrogen-bond donors (Lipinski definition) is 0. The number of carbonyl (C=O) groups is 2. The van der Waals surface area contributed by atoms with Gasteiger partial charge in [-0.2, -0.15) is 0 Å². The molecule has 0 bridgehead atoms. The summed E-state index contributed by atoms with van der Waals surface area (Å²) in [5.41, 5.74) is 2.64. The van der Waals surface area contributed by atoms with Gasteiger partial charge >= 0.3 is 5.97 Å². The molecule has 8 nitrogen and oxygen atoms in total. The minimum Gasteiger partial charge on any atom is -0.466 e. The van der Waals surface area contributed by atoms with Crippen molar-refractivity contribution in [3.8, 4) is 5.69 Å². The molecule has 1 fully saturated rings. The van der Waals surface area contributed by atoms with Gasteiger partial charge in [-0.1, -0.05) is 11.3 Å². The average Bonchev–Trinajstić information content (AvgIpc) is 3.50. The van der Waals surface area contributed by atoms with Crippen molar-refractivity contribution in [1.82, 2.24) is 24.9 Å². The number of aromatic nitrogens is 4. The molecule has 1 aliphatic carbocycles. The largest absolute Gasteiger partial charge is 0.466 e. The Balaban J connectivity index is 1.60. The van der Waals surface area contributed by atoms with Gasteiger partial charge in [0.05, 0.1) is 29.9 Å². The summed E-state index contributed by atoms with van der Waals surface area (Å²) < 4.78 is 6.69. The topological polar surface area (TPSA) is 90.2 Å². The Morgan fingerprint density at radius 2 is 2.07 bits per heavy atom. The molecule has 0 N–H and O–H groups in total. The van der Waals surface area contributed by atoms with Gasteiger partial charge in [0.15, 0.2) is 5.69 Å². The van der Waals surface area contributed by atoms with Crippen molar-refractivity contribution in [2.45, 2.75) is 33.1 Å². The highest BCUT2D eigenvalue weighted by Gasteiger charge is 2.30. The van der Waals surface area contributed by atoms with Crippen LogP contribution >= 0.6 is 0 Å². The van der Waals surface area contributed by atoms with E-state index in [1.165, 1.54) is 0 Å². The first-order chi connectivity index (χ1) is 14.6.